The lowest BCUT2D eigenvalue weighted by Crippen LogP contribution is -2.65. The molecule has 6 fully saturated rings. The molecule has 4 aliphatic carbocycles. The smallest absolute Gasteiger partial charge is 0.187 e. The van der Waals surface area contributed by atoms with Crippen LogP contribution < -0.4 is 0 Å². The van der Waals surface area contributed by atoms with E-state index in [0.29, 0.717) is 19.3 Å². The van der Waals surface area contributed by atoms with Crippen molar-refractivity contribution < 1.29 is 94.8 Å². The van der Waals surface area contributed by atoms with Crippen molar-refractivity contribution in [2.75, 3.05) is 19.8 Å². The molecule has 7 rings (SSSR count). The Kier molecular flexibility index (Phi) is 15.9. The predicted molar refractivity (Wildman–Crippen MR) is 235 cm³/mol. The Balaban J connectivity index is 1.10. The van der Waals surface area contributed by atoms with Crippen LogP contribution in [0.3, 0.4) is 0 Å². The summed E-state index contributed by atoms with van der Waals surface area (Å²) in [7, 11) is 0. The maximum absolute atomic E-state index is 12.4. The van der Waals surface area contributed by atoms with Crippen LogP contribution in [-0.4, -0.2) is 202 Å². The lowest BCUT2D eigenvalue weighted by Gasteiger charge is -2.67. The number of aliphatic hydroxyl groups excluding tert-OH is 12. The molecule has 3 saturated heterocycles. The largest absolute Gasteiger partial charge is 0.394 e. The van der Waals surface area contributed by atoms with Crippen LogP contribution in [0.15, 0.2) is 11.6 Å². The number of allylic oxidation sites excluding steroid dienone is 1. The Morgan fingerprint density at radius 3 is 1.84 bits per heavy atom. The zero-order chi connectivity index (χ0) is 49.5. The second kappa shape index (κ2) is 19.8. The van der Waals surface area contributed by atoms with E-state index >= 15 is 0 Å². The van der Waals surface area contributed by atoms with E-state index in [1.165, 1.54) is 5.57 Å². The van der Waals surface area contributed by atoms with Gasteiger partial charge in [-0.2, -0.15) is 0 Å². The summed E-state index contributed by atoms with van der Waals surface area (Å²) >= 11 is 0. The molecule has 0 unspecified atom stereocenters. The first-order valence-corrected chi connectivity index (χ1v) is 24.5. The Morgan fingerprint density at radius 2 is 1.24 bits per heavy atom. The van der Waals surface area contributed by atoms with Gasteiger partial charge in [0.25, 0.3) is 0 Å². The van der Waals surface area contributed by atoms with Gasteiger partial charge in [0.2, 0.25) is 0 Å². The molecule has 0 aromatic carbocycles. The van der Waals surface area contributed by atoms with E-state index in [-0.39, 0.29) is 51.8 Å². The number of fused-ring (bicyclic) bond motifs is 5. The molecule has 0 bridgehead atoms. The van der Waals surface area contributed by atoms with E-state index in [9.17, 15) is 66.4 Å². The zero-order valence-corrected chi connectivity index (χ0v) is 40.3. The van der Waals surface area contributed by atoms with Gasteiger partial charge in [0, 0.05) is 10.8 Å². The molecule has 3 aliphatic heterocycles. The number of hydrogen-bond acceptors (Lipinski definition) is 19. The van der Waals surface area contributed by atoms with Crippen molar-refractivity contribution in [1.29, 1.82) is 0 Å². The van der Waals surface area contributed by atoms with Crippen LogP contribution in [0.4, 0.5) is 0 Å². The Bertz CT molecular complexity index is 1710. The Hall–Kier alpha value is -1.02. The topological polar surface area (TPSA) is 318 Å². The summed E-state index contributed by atoms with van der Waals surface area (Å²) in [4.78, 5) is 0. The van der Waals surface area contributed by atoms with Gasteiger partial charge in [-0.05, 0) is 99.7 Å². The number of aliphatic hydroxyl groups is 13. The average molecular weight is 963 g/mol. The van der Waals surface area contributed by atoms with E-state index in [4.69, 9.17) is 28.4 Å². The van der Waals surface area contributed by atoms with E-state index in [0.717, 1.165) is 25.7 Å². The molecule has 7 aliphatic rings. The van der Waals surface area contributed by atoms with Crippen molar-refractivity contribution in [2.45, 2.75) is 223 Å². The monoisotopic (exact) mass is 963 g/mol. The summed E-state index contributed by atoms with van der Waals surface area (Å²) in [5.41, 5.74) is -1.32. The summed E-state index contributed by atoms with van der Waals surface area (Å²) in [5, 5.41) is 141. The van der Waals surface area contributed by atoms with Gasteiger partial charge in [0.05, 0.1) is 43.7 Å². The van der Waals surface area contributed by atoms with Crippen molar-refractivity contribution in [3.8, 4) is 0 Å². The molecule has 25 atom stereocenters. The van der Waals surface area contributed by atoms with Crippen LogP contribution in [0.1, 0.15) is 107 Å². The third kappa shape index (κ3) is 9.24. The molecule has 3 saturated carbocycles. The summed E-state index contributed by atoms with van der Waals surface area (Å²) in [6.45, 7) is 14.4. The van der Waals surface area contributed by atoms with Gasteiger partial charge in [0.15, 0.2) is 18.9 Å². The first kappa shape index (κ1) is 53.8. The molecule has 3 heterocycles. The van der Waals surface area contributed by atoms with Crippen LogP contribution in [0, 0.1) is 45.3 Å². The van der Waals surface area contributed by atoms with Crippen molar-refractivity contribution in [1.82, 2.24) is 0 Å². The van der Waals surface area contributed by atoms with Gasteiger partial charge < -0.3 is 94.8 Å². The zero-order valence-electron chi connectivity index (χ0n) is 40.3. The molecule has 0 radical (unpaired) electrons. The third-order valence-electron chi connectivity index (χ3n) is 18.7. The highest BCUT2D eigenvalue weighted by molar-refractivity contribution is 5.31. The number of ether oxygens (including phenoxy) is 6. The van der Waals surface area contributed by atoms with Gasteiger partial charge >= 0.3 is 0 Å². The second-order valence-corrected chi connectivity index (χ2v) is 23.1. The van der Waals surface area contributed by atoms with E-state index < -0.39 is 136 Å². The van der Waals surface area contributed by atoms with Crippen LogP contribution in [-0.2, 0) is 28.4 Å². The molecule has 19 nitrogen and oxygen atoms in total. The second-order valence-electron chi connectivity index (χ2n) is 23.1. The van der Waals surface area contributed by atoms with Crippen LogP contribution in [0.5, 0.6) is 0 Å². The molecule has 0 amide bonds. The molecule has 19 heteroatoms. The van der Waals surface area contributed by atoms with Crippen LogP contribution in [0.25, 0.3) is 0 Å². The molecule has 0 aromatic rings. The number of hydrogen-bond donors (Lipinski definition) is 13. The lowest BCUT2D eigenvalue weighted by atomic mass is 9.38. The molecule has 388 valence electrons. The highest BCUT2D eigenvalue weighted by Gasteiger charge is 2.70. The van der Waals surface area contributed by atoms with Gasteiger partial charge in [-0.25, -0.2) is 0 Å². The summed E-state index contributed by atoms with van der Waals surface area (Å²) in [5.74, 6) is 0.678. The normalized spacial score (nSPS) is 51.0. The maximum atomic E-state index is 12.4. The minimum Gasteiger partial charge on any atom is -0.394 e. The van der Waals surface area contributed by atoms with Gasteiger partial charge in [0.1, 0.15) is 73.2 Å². The highest BCUT2D eigenvalue weighted by atomic mass is 16.8. The Morgan fingerprint density at radius 1 is 0.672 bits per heavy atom. The quantitative estimate of drug-likeness (QED) is 0.0924. The molecule has 67 heavy (non-hydrogen) atoms. The minimum absolute atomic E-state index is 0.0795. The average Bonchev–Trinajstić information content (AvgIpc) is 3.54. The maximum Gasteiger partial charge on any atom is 0.187 e. The van der Waals surface area contributed by atoms with E-state index in [2.05, 4.69) is 47.6 Å². The van der Waals surface area contributed by atoms with Crippen LogP contribution in [0.2, 0.25) is 0 Å². The van der Waals surface area contributed by atoms with Crippen molar-refractivity contribution in [3.63, 3.8) is 0 Å². The highest BCUT2D eigenvalue weighted by Crippen LogP contribution is 2.75. The molecule has 13 N–H and O–H groups in total. The fourth-order valence-electron chi connectivity index (χ4n) is 14.1. The van der Waals surface area contributed by atoms with Gasteiger partial charge in [-0.3, -0.25) is 0 Å². The molecular formula is C48H82O19. The fraction of sp³-hybridized carbons (Fsp3) is 0.958. The van der Waals surface area contributed by atoms with Crippen molar-refractivity contribution >= 4 is 0 Å². The number of rotatable bonds is 14. The van der Waals surface area contributed by atoms with Gasteiger partial charge in [-0.1, -0.05) is 53.2 Å². The van der Waals surface area contributed by atoms with E-state index in [1.807, 2.05) is 0 Å². The van der Waals surface area contributed by atoms with Crippen molar-refractivity contribution in [2.24, 2.45) is 45.3 Å². The Labute approximate surface area is 393 Å². The summed E-state index contributed by atoms with van der Waals surface area (Å²) < 4.78 is 35.5. The van der Waals surface area contributed by atoms with Crippen molar-refractivity contribution in [3.05, 3.63) is 11.6 Å². The van der Waals surface area contributed by atoms with Gasteiger partial charge in [-0.15, -0.1) is 0 Å². The summed E-state index contributed by atoms with van der Waals surface area (Å²) in [6.07, 6.45) is -19.2. The molecule has 0 aromatic heterocycles. The van der Waals surface area contributed by atoms with E-state index in [1.54, 1.807) is 13.8 Å². The molecular weight excluding hydrogens is 881 g/mol. The summed E-state index contributed by atoms with van der Waals surface area (Å²) in [6, 6.07) is 0. The molecule has 0 spiro atoms. The first-order chi connectivity index (χ1) is 31.2. The third-order valence-corrected chi connectivity index (χ3v) is 18.7. The predicted octanol–water partition coefficient (Wildman–Crippen LogP) is -1.06. The lowest BCUT2D eigenvalue weighted by molar-refractivity contribution is -0.380. The standard InChI is InChI=1S/C48H82O19/c1-21(22-15-16-46(6)28-12-10-23-24(11-13-29(51)44(23,2)3)48(28,8)30(52)17-47(22,46)7)9-14-31(45(4,5)61)66-43-40(67-42-39(60)36(57)33(54)26(19-50)64-42)37(58)34(55)27(65-43)20-62-41-38(59)35(56)32(53)25(18-49)63-41/h10,21-22,24-43,49-61H,9,11-20H2,1-8H3/t21-,22-,24-,25-,26-,27-,28+,29+,30-,31-,32-,33-,34-,35+,36+,37+,38-,39-,40-,41-,42+,43+,46+,47-,48+/m1/s1. The fourth-order valence-corrected chi connectivity index (χ4v) is 14.1. The van der Waals surface area contributed by atoms with Crippen LogP contribution >= 0.6 is 0 Å². The SMILES string of the molecule is C[C@H](CC[C@@H](O[C@@H]1O[C@H](CO[C@@H]2O[C@H](CO)[C@@H](O)[C@H](O)[C@H]2O)[C@@H](O)[C@H](O)[C@H]1O[C@@H]1O[C@H](CO)[C@@H](O)[C@H](O)[C@H]1O)C(C)(C)O)[C@H]1CC[C@@]2(C)[C@@H]3CC=C4[C@@H](CC[C@H](O)C4(C)C)[C@]3(C)[C@H](O)C[C@]12C. The minimum atomic E-state index is -1.90. The first-order valence-electron chi connectivity index (χ1n) is 24.5.